The van der Waals surface area contributed by atoms with E-state index >= 15 is 0 Å². The third-order valence-corrected chi connectivity index (χ3v) is 4.46. The van der Waals surface area contributed by atoms with Gasteiger partial charge in [0.15, 0.2) is 0 Å². The van der Waals surface area contributed by atoms with Crippen molar-refractivity contribution >= 4 is 23.3 Å². The highest BCUT2D eigenvalue weighted by Gasteiger charge is 2.17. The van der Waals surface area contributed by atoms with Crippen molar-refractivity contribution in [2.45, 2.75) is 26.3 Å². The van der Waals surface area contributed by atoms with Gasteiger partial charge in [0.05, 0.1) is 24.6 Å². The third kappa shape index (κ3) is 7.45. The van der Waals surface area contributed by atoms with Crippen LogP contribution in [-0.4, -0.2) is 60.4 Å². The number of aromatic nitrogens is 2. The number of imide groups is 1. The molecule has 0 aromatic carbocycles. The number of hydrogen-bond acceptors (Lipinski definition) is 8. The number of carbonyl (C=O) groups is 2. The molecule has 0 aliphatic carbocycles. The number of nitrogens with zero attached hydrogens (tertiary/aromatic N) is 3. The van der Waals surface area contributed by atoms with E-state index in [0.29, 0.717) is 31.5 Å². The second kappa shape index (κ2) is 11.4. The van der Waals surface area contributed by atoms with Gasteiger partial charge >= 0.3 is 6.03 Å². The van der Waals surface area contributed by atoms with Gasteiger partial charge in [-0.25, -0.2) is 4.79 Å². The molecule has 0 bridgehead atoms. The molecule has 2 heterocycles. The van der Waals surface area contributed by atoms with Crippen molar-refractivity contribution in [3.05, 3.63) is 23.4 Å². The molecular formula is C17H25N5O4S. The van der Waals surface area contributed by atoms with Crippen LogP contribution in [0.15, 0.2) is 21.9 Å². The summed E-state index contributed by atoms with van der Waals surface area (Å²) >= 11 is 1.51. The van der Waals surface area contributed by atoms with Gasteiger partial charge in [-0.05, 0) is 17.9 Å². The summed E-state index contributed by atoms with van der Waals surface area (Å²) in [5.41, 5.74) is 0. The second-order valence-corrected chi connectivity index (χ2v) is 6.79. The maximum absolute atomic E-state index is 12.1. The number of rotatable bonds is 11. The first-order chi connectivity index (χ1) is 13.1. The molecule has 27 heavy (non-hydrogen) atoms. The number of nitrogens with one attached hydrogen (secondary N) is 2. The first kappa shape index (κ1) is 21.0. The summed E-state index contributed by atoms with van der Waals surface area (Å²) in [6.45, 7) is 3.78. The highest BCUT2D eigenvalue weighted by Crippen LogP contribution is 2.23. The molecule has 0 aliphatic heterocycles. The van der Waals surface area contributed by atoms with Crippen LogP contribution in [0.1, 0.15) is 25.7 Å². The summed E-state index contributed by atoms with van der Waals surface area (Å²) in [4.78, 5) is 26.5. The monoisotopic (exact) mass is 395 g/mol. The van der Waals surface area contributed by atoms with E-state index in [1.807, 2.05) is 24.4 Å². The number of thiophene rings is 1. The smallest absolute Gasteiger partial charge is 0.321 e. The molecule has 2 rings (SSSR count). The largest absolute Gasteiger partial charge is 0.419 e. The third-order valence-electron chi connectivity index (χ3n) is 3.61. The average Bonchev–Trinajstić information content (AvgIpc) is 3.31. The average molecular weight is 395 g/mol. The van der Waals surface area contributed by atoms with Gasteiger partial charge in [-0.2, -0.15) is 0 Å². The van der Waals surface area contributed by atoms with Crippen LogP contribution < -0.4 is 10.6 Å². The zero-order valence-electron chi connectivity index (χ0n) is 15.6. The fourth-order valence-electron chi connectivity index (χ4n) is 2.24. The van der Waals surface area contributed by atoms with Gasteiger partial charge in [0.2, 0.25) is 11.8 Å². The summed E-state index contributed by atoms with van der Waals surface area (Å²) in [5.74, 6) is 0.444. The Hall–Kier alpha value is -2.30. The molecule has 0 radical (unpaired) electrons. The minimum atomic E-state index is -0.488. The van der Waals surface area contributed by atoms with Crippen LogP contribution in [0.3, 0.4) is 0 Å². The number of carbonyl (C=O) groups excluding carboxylic acids is 2. The van der Waals surface area contributed by atoms with Crippen molar-refractivity contribution in [2.24, 2.45) is 0 Å². The predicted octanol–water partition coefficient (Wildman–Crippen LogP) is 1.87. The Bertz CT molecular complexity index is 704. The van der Waals surface area contributed by atoms with E-state index in [-0.39, 0.29) is 13.1 Å². The minimum absolute atomic E-state index is 0.0152. The number of urea groups is 1. The van der Waals surface area contributed by atoms with E-state index in [0.717, 1.165) is 17.7 Å². The lowest BCUT2D eigenvalue weighted by Gasteiger charge is -2.19. The molecule has 0 unspecified atom stereocenters. The van der Waals surface area contributed by atoms with Gasteiger partial charge in [0, 0.05) is 20.2 Å². The topological polar surface area (TPSA) is 110 Å². The highest BCUT2D eigenvalue weighted by molar-refractivity contribution is 7.13. The number of amides is 3. The standard InChI is InChI=1S/C17H25N5O4S/c1-3-4-7-18-17(24)19-14(23)11-22(8-9-25-2)12-15-20-21-16(26-15)13-6-5-10-27-13/h5-6,10H,3-4,7-9,11-12H2,1-2H3,(H2,18,19,23,24). The Morgan fingerprint density at radius 1 is 1.37 bits per heavy atom. The number of unbranched alkanes of at least 4 members (excludes halogenated alkanes) is 1. The minimum Gasteiger partial charge on any atom is -0.419 e. The van der Waals surface area contributed by atoms with E-state index in [1.165, 1.54) is 11.3 Å². The Labute approximate surface area is 162 Å². The molecule has 2 aromatic heterocycles. The van der Waals surface area contributed by atoms with Crippen LogP contribution in [0.5, 0.6) is 0 Å². The van der Waals surface area contributed by atoms with Crippen LogP contribution in [-0.2, 0) is 16.1 Å². The lowest BCUT2D eigenvalue weighted by atomic mass is 10.3. The van der Waals surface area contributed by atoms with E-state index in [9.17, 15) is 9.59 Å². The molecule has 3 amide bonds. The Morgan fingerprint density at radius 3 is 2.93 bits per heavy atom. The second-order valence-electron chi connectivity index (χ2n) is 5.84. The van der Waals surface area contributed by atoms with E-state index in [2.05, 4.69) is 20.8 Å². The van der Waals surface area contributed by atoms with Crippen molar-refractivity contribution in [1.82, 2.24) is 25.7 Å². The normalized spacial score (nSPS) is 10.9. The SMILES string of the molecule is CCCCNC(=O)NC(=O)CN(CCOC)Cc1nnc(-c2cccs2)o1. The summed E-state index contributed by atoms with van der Waals surface area (Å²) < 4.78 is 10.7. The van der Waals surface area contributed by atoms with Crippen molar-refractivity contribution in [3.63, 3.8) is 0 Å². The zero-order chi connectivity index (χ0) is 19.5. The molecule has 2 aromatic rings. The van der Waals surface area contributed by atoms with Crippen molar-refractivity contribution < 1.29 is 18.7 Å². The first-order valence-corrected chi connectivity index (χ1v) is 9.65. The molecule has 0 aliphatic rings. The quantitative estimate of drug-likeness (QED) is 0.559. The van der Waals surface area contributed by atoms with Crippen LogP contribution >= 0.6 is 11.3 Å². The van der Waals surface area contributed by atoms with Gasteiger partial charge in [-0.3, -0.25) is 15.0 Å². The fourth-order valence-corrected chi connectivity index (χ4v) is 2.88. The lowest BCUT2D eigenvalue weighted by Crippen LogP contribution is -2.45. The van der Waals surface area contributed by atoms with E-state index in [4.69, 9.17) is 9.15 Å². The van der Waals surface area contributed by atoms with Crippen molar-refractivity contribution in [2.75, 3.05) is 33.4 Å². The van der Waals surface area contributed by atoms with Crippen LogP contribution in [0.25, 0.3) is 10.8 Å². The number of methoxy groups -OCH3 is 1. The molecule has 0 saturated carbocycles. The van der Waals surface area contributed by atoms with Gasteiger partial charge in [0.1, 0.15) is 0 Å². The van der Waals surface area contributed by atoms with Gasteiger partial charge in [-0.1, -0.05) is 19.4 Å². The highest BCUT2D eigenvalue weighted by atomic mass is 32.1. The summed E-state index contributed by atoms with van der Waals surface area (Å²) in [6.07, 6.45) is 1.84. The molecule has 0 spiro atoms. The predicted molar refractivity (Wildman–Crippen MR) is 101 cm³/mol. The molecular weight excluding hydrogens is 370 g/mol. The van der Waals surface area contributed by atoms with Crippen LogP contribution in [0, 0.1) is 0 Å². The Balaban J connectivity index is 1.88. The fraction of sp³-hybridized carbons (Fsp3) is 0.529. The number of ether oxygens (including phenoxy) is 1. The van der Waals surface area contributed by atoms with Crippen molar-refractivity contribution in [1.29, 1.82) is 0 Å². The Morgan fingerprint density at radius 2 is 2.22 bits per heavy atom. The lowest BCUT2D eigenvalue weighted by molar-refractivity contribution is -0.121. The van der Waals surface area contributed by atoms with E-state index in [1.54, 1.807) is 12.0 Å². The number of hydrogen-bond donors (Lipinski definition) is 2. The van der Waals surface area contributed by atoms with Crippen LogP contribution in [0.2, 0.25) is 0 Å². The summed E-state index contributed by atoms with van der Waals surface area (Å²) in [5, 5.41) is 15.0. The Kier molecular flexibility index (Phi) is 8.89. The van der Waals surface area contributed by atoms with Gasteiger partial charge in [-0.15, -0.1) is 21.5 Å². The van der Waals surface area contributed by atoms with Crippen molar-refractivity contribution in [3.8, 4) is 10.8 Å². The van der Waals surface area contributed by atoms with E-state index < -0.39 is 11.9 Å². The van der Waals surface area contributed by atoms with Gasteiger partial charge in [0.25, 0.3) is 5.89 Å². The summed E-state index contributed by atoms with van der Waals surface area (Å²) in [6, 6.07) is 3.32. The maximum Gasteiger partial charge on any atom is 0.321 e. The molecule has 148 valence electrons. The molecule has 0 atom stereocenters. The molecule has 10 heteroatoms. The zero-order valence-corrected chi connectivity index (χ0v) is 16.4. The molecule has 0 fully saturated rings. The van der Waals surface area contributed by atoms with Gasteiger partial charge < -0.3 is 14.5 Å². The molecule has 2 N–H and O–H groups in total. The summed E-state index contributed by atoms with van der Waals surface area (Å²) in [7, 11) is 1.58. The molecule has 9 nitrogen and oxygen atoms in total. The van der Waals surface area contributed by atoms with Crippen LogP contribution in [0.4, 0.5) is 4.79 Å². The molecule has 0 saturated heterocycles. The first-order valence-electron chi connectivity index (χ1n) is 8.77. The maximum atomic E-state index is 12.1.